The number of nitrogens with one attached hydrogen (secondary N) is 1. The molecule has 7 nitrogen and oxygen atoms in total. The number of hydrogen-bond acceptors (Lipinski definition) is 7. The van der Waals surface area contributed by atoms with E-state index in [0.717, 1.165) is 16.1 Å². The summed E-state index contributed by atoms with van der Waals surface area (Å²) in [6.45, 7) is 5.69. The Kier molecular flexibility index (Phi) is 7.67. The Bertz CT molecular complexity index is 1270. The van der Waals surface area contributed by atoms with Crippen molar-refractivity contribution in [3.8, 4) is 0 Å². The quantitative estimate of drug-likeness (QED) is 0.414. The van der Waals surface area contributed by atoms with E-state index in [1.807, 2.05) is 74.5 Å². The summed E-state index contributed by atoms with van der Waals surface area (Å²) in [5.41, 5.74) is 2.56. The predicted molar refractivity (Wildman–Crippen MR) is 142 cm³/mol. The fraction of sp³-hybridized carbons (Fsp3) is 0.231. The summed E-state index contributed by atoms with van der Waals surface area (Å²) in [6, 6.07) is 18.6. The number of benzene rings is 2. The van der Waals surface area contributed by atoms with Gasteiger partial charge in [-0.2, -0.15) is 0 Å². The molecule has 2 aromatic carbocycles. The zero-order valence-electron chi connectivity index (χ0n) is 19.6. The van der Waals surface area contributed by atoms with E-state index in [0.29, 0.717) is 21.4 Å². The summed E-state index contributed by atoms with van der Waals surface area (Å²) in [7, 11) is 0. The Hall–Kier alpha value is -3.43. The Morgan fingerprint density at radius 2 is 1.71 bits per heavy atom. The number of rotatable bonds is 7. The number of nitrogens with zero attached hydrogens (tertiary/aromatic N) is 2. The van der Waals surface area contributed by atoms with Gasteiger partial charge in [0, 0.05) is 11.3 Å². The number of para-hydroxylation sites is 2. The minimum absolute atomic E-state index is 0.0566. The molecule has 2 heterocycles. The highest BCUT2D eigenvalue weighted by Gasteiger charge is 2.40. The third kappa shape index (κ3) is 5.47. The van der Waals surface area contributed by atoms with Crippen LogP contribution < -0.4 is 10.2 Å². The lowest BCUT2D eigenvalue weighted by Gasteiger charge is -2.16. The molecule has 0 unspecified atom stereocenters. The molecule has 1 aliphatic rings. The summed E-state index contributed by atoms with van der Waals surface area (Å²) in [4.78, 5) is 46.0. The van der Waals surface area contributed by atoms with Gasteiger partial charge in [0.25, 0.3) is 0 Å². The van der Waals surface area contributed by atoms with Crippen LogP contribution in [0.15, 0.2) is 65.7 Å². The van der Waals surface area contributed by atoms with E-state index in [1.165, 1.54) is 23.1 Å². The summed E-state index contributed by atoms with van der Waals surface area (Å²) in [5, 5.41) is 3.14. The molecule has 1 atom stereocenters. The third-order valence-electron chi connectivity index (χ3n) is 5.42. The normalized spacial score (nSPS) is 16.5. The van der Waals surface area contributed by atoms with Crippen molar-refractivity contribution in [2.24, 2.45) is 4.99 Å². The molecule has 3 aromatic rings. The molecule has 0 bridgehead atoms. The summed E-state index contributed by atoms with van der Waals surface area (Å²) >= 11 is 2.58. The van der Waals surface area contributed by atoms with E-state index in [1.54, 1.807) is 11.8 Å². The number of carbonyl (C=O) groups is 3. The second kappa shape index (κ2) is 10.9. The monoisotopic (exact) mass is 507 g/mol. The molecule has 1 aromatic heterocycles. The van der Waals surface area contributed by atoms with Gasteiger partial charge in [-0.05, 0) is 50.6 Å². The van der Waals surface area contributed by atoms with E-state index < -0.39 is 11.2 Å². The lowest BCUT2D eigenvalue weighted by Crippen LogP contribution is -2.33. The van der Waals surface area contributed by atoms with Crippen molar-refractivity contribution in [1.29, 1.82) is 0 Å². The number of carbonyl (C=O) groups excluding carboxylic acids is 3. The van der Waals surface area contributed by atoms with Gasteiger partial charge >= 0.3 is 5.97 Å². The van der Waals surface area contributed by atoms with Crippen LogP contribution in [0.2, 0.25) is 0 Å². The van der Waals surface area contributed by atoms with E-state index >= 15 is 0 Å². The van der Waals surface area contributed by atoms with Gasteiger partial charge in [0.2, 0.25) is 11.8 Å². The van der Waals surface area contributed by atoms with E-state index in [2.05, 4.69) is 10.3 Å². The topological polar surface area (TPSA) is 88.1 Å². The number of aryl methyl sites for hydroxylation is 1. The van der Waals surface area contributed by atoms with Crippen LogP contribution in [-0.4, -0.2) is 34.8 Å². The van der Waals surface area contributed by atoms with Crippen LogP contribution in [0.4, 0.5) is 16.4 Å². The summed E-state index contributed by atoms with van der Waals surface area (Å²) < 4.78 is 5.16. The van der Waals surface area contributed by atoms with Crippen LogP contribution in [0.25, 0.3) is 0 Å². The highest BCUT2D eigenvalue weighted by Crippen LogP contribution is 2.37. The molecule has 1 N–H and O–H groups in total. The molecule has 1 saturated heterocycles. The molecule has 1 fully saturated rings. The van der Waals surface area contributed by atoms with Gasteiger partial charge in [-0.3, -0.25) is 14.5 Å². The number of thioether (sulfide) groups is 1. The van der Waals surface area contributed by atoms with Gasteiger partial charge < -0.3 is 10.1 Å². The zero-order chi connectivity index (χ0) is 24.9. The predicted octanol–water partition coefficient (Wildman–Crippen LogP) is 5.71. The Labute approximate surface area is 212 Å². The summed E-state index contributed by atoms with van der Waals surface area (Å²) in [6.07, 6.45) is -0.0566. The molecule has 1 aliphatic heterocycles. The fourth-order valence-corrected chi connectivity index (χ4v) is 5.83. The Morgan fingerprint density at radius 1 is 1.06 bits per heavy atom. The number of ether oxygens (including phenoxy) is 1. The summed E-state index contributed by atoms with van der Waals surface area (Å²) in [5.74, 6) is -1.03. The van der Waals surface area contributed by atoms with Crippen LogP contribution in [0, 0.1) is 13.8 Å². The molecule has 9 heteroatoms. The average Bonchev–Trinajstić information content (AvgIpc) is 3.29. The van der Waals surface area contributed by atoms with Crippen LogP contribution >= 0.6 is 23.1 Å². The zero-order valence-corrected chi connectivity index (χ0v) is 21.2. The van der Waals surface area contributed by atoms with Crippen molar-refractivity contribution in [3.63, 3.8) is 0 Å². The molecule has 0 saturated carbocycles. The highest BCUT2D eigenvalue weighted by molar-refractivity contribution is 8.16. The minimum Gasteiger partial charge on any atom is -0.462 e. The molecule has 0 spiro atoms. The molecular formula is C26H25N3O4S2. The number of amides is 2. The number of hydrogen-bond donors (Lipinski definition) is 1. The lowest BCUT2D eigenvalue weighted by atomic mass is 10.1. The first kappa shape index (κ1) is 24.7. The average molecular weight is 508 g/mol. The van der Waals surface area contributed by atoms with Gasteiger partial charge in [0.05, 0.1) is 23.5 Å². The first-order valence-corrected chi connectivity index (χ1v) is 12.8. The molecule has 4 rings (SSSR count). The first-order chi connectivity index (χ1) is 16.9. The van der Waals surface area contributed by atoms with Crippen LogP contribution in [0.3, 0.4) is 0 Å². The molecule has 0 radical (unpaired) electrons. The van der Waals surface area contributed by atoms with Crippen LogP contribution in [0.5, 0.6) is 0 Å². The van der Waals surface area contributed by atoms with Gasteiger partial charge in [-0.1, -0.05) is 48.2 Å². The van der Waals surface area contributed by atoms with Crippen molar-refractivity contribution in [2.75, 3.05) is 16.8 Å². The van der Waals surface area contributed by atoms with E-state index in [9.17, 15) is 14.4 Å². The van der Waals surface area contributed by atoms with Gasteiger partial charge in [-0.25, -0.2) is 9.79 Å². The second-order valence-electron chi connectivity index (χ2n) is 7.81. The largest absolute Gasteiger partial charge is 0.462 e. The molecule has 0 aliphatic carbocycles. The Morgan fingerprint density at radius 3 is 2.37 bits per heavy atom. The number of anilines is 2. The molecule has 180 valence electrons. The lowest BCUT2D eigenvalue weighted by molar-refractivity contribution is -0.121. The van der Waals surface area contributed by atoms with Crippen molar-refractivity contribution < 1.29 is 19.1 Å². The standard InChI is InChI=1S/C26H25N3O4S2/c1-4-33-25(32)22-16(2)17(3)34-23(22)28-21(30)15-20-24(31)29(19-13-9-6-10-14-19)26(35-20)27-18-11-7-5-8-12-18/h5-14,20H,4,15H2,1-3H3,(H,28,30)/t20-/m1/s1. The highest BCUT2D eigenvalue weighted by atomic mass is 32.2. The number of esters is 1. The Balaban J connectivity index is 1.56. The van der Waals surface area contributed by atoms with Crippen LogP contribution in [0.1, 0.15) is 34.1 Å². The van der Waals surface area contributed by atoms with Crippen molar-refractivity contribution in [2.45, 2.75) is 32.4 Å². The van der Waals surface area contributed by atoms with E-state index in [-0.39, 0.29) is 24.8 Å². The van der Waals surface area contributed by atoms with Crippen molar-refractivity contribution in [1.82, 2.24) is 0 Å². The second-order valence-corrected chi connectivity index (χ2v) is 10.2. The van der Waals surface area contributed by atoms with Crippen LogP contribution in [-0.2, 0) is 14.3 Å². The minimum atomic E-state index is -0.647. The first-order valence-electron chi connectivity index (χ1n) is 11.2. The van der Waals surface area contributed by atoms with Crippen molar-refractivity contribution >= 4 is 62.4 Å². The van der Waals surface area contributed by atoms with Gasteiger partial charge in [-0.15, -0.1) is 11.3 Å². The number of thiophene rings is 1. The van der Waals surface area contributed by atoms with Gasteiger partial charge in [0.1, 0.15) is 10.3 Å². The smallest absolute Gasteiger partial charge is 0.341 e. The van der Waals surface area contributed by atoms with Crippen molar-refractivity contribution in [3.05, 3.63) is 76.7 Å². The number of aliphatic imine (C=N–C) groups is 1. The maximum Gasteiger partial charge on any atom is 0.341 e. The molecule has 2 amide bonds. The maximum atomic E-state index is 13.4. The fourth-order valence-electron chi connectivity index (χ4n) is 3.61. The van der Waals surface area contributed by atoms with Gasteiger partial charge in [0.15, 0.2) is 5.17 Å². The SMILES string of the molecule is CCOC(=O)c1c(NC(=O)C[C@H]2SC(=Nc3ccccc3)N(c3ccccc3)C2=O)sc(C)c1C. The number of amidine groups is 1. The maximum absolute atomic E-state index is 13.4. The third-order valence-corrected chi connectivity index (χ3v) is 7.68. The molecular weight excluding hydrogens is 482 g/mol. The molecule has 35 heavy (non-hydrogen) atoms. The van der Waals surface area contributed by atoms with E-state index in [4.69, 9.17) is 4.74 Å².